The van der Waals surface area contributed by atoms with Crippen molar-refractivity contribution in [1.82, 2.24) is 9.97 Å². The number of hydrogen-bond donors (Lipinski definition) is 2. The second kappa shape index (κ2) is 4.94. The third-order valence-electron chi connectivity index (χ3n) is 3.64. The molecule has 0 radical (unpaired) electrons. The minimum Gasteiger partial charge on any atom is -0.396 e. The Morgan fingerprint density at radius 3 is 2.83 bits per heavy atom. The molecule has 3 rings (SSSR count). The van der Waals surface area contributed by atoms with E-state index >= 15 is 0 Å². The van der Waals surface area contributed by atoms with Gasteiger partial charge < -0.3 is 10.1 Å². The molecule has 3 heteroatoms. The van der Waals surface area contributed by atoms with Gasteiger partial charge in [0, 0.05) is 6.42 Å². The molecule has 2 aromatic rings. The number of aryl methyl sites for hydroxylation is 2. The molecular formula is C15H18N2O. The van der Waals surface area contributed by atoms with E-state index in [4.69, 9.17) is 5.11 Å². The number of imidazole rings is 1. The summed E-state index contributed by atoms with van der Waals surface area (Å²) in [4.78, 5) is 7.54. The summed E-state index contributed by atoms with van der Waals surface area (Å²) in [7, 11) is 0. The largest absolute Gasteiger partial charge is 0.396 e. The van der Waals surface area contributed by atoms with Crippen LogP contribution in [0.1, 0.15) is 29.8 Å². The Labute approximate surface area is 107 Å². The van der Waals surface area contributed by atoms with Crippen molar-refractivity contribution >= 4 is 0 Å². The van der Waals surface area contributed by atoms with E-state index in [2.05, 4.69) is 28.2 Å². The van der Waals surface area contributed by atoms with Gasteiger partial charge in [-0.25, -0.2) is 4.98 Å². The quantitative estimate of drug-likeness (QED) is 0.868. The van der Waals surface area contributed by atoms with E-state index in [-0.39, 0.29) is 6.61 Å². The highest BCUT2D eigenvalue weighted by Crippen LogP contribution is 2.26. The Morgan fingerprint density at radius 2 is 2.00 bits per heavy atom. The lowest BCUT2D eigenvalue weighted by Gasteiger charge is -2.16. The summed E-state index contributed by atoms with van der Waals surface area (Å²) >= 11 is 0. The van der Waals surface area contributed by atoms with Crippen molar-refractivity contribution in [3.05, 3.63) is 41.3 Å². The number of aromatic amines is 1. The standard InChI is InChI=1S/C15H18N2O/c18-8-7-15-16-10-14(17-15)13-6-5-11-3-1-2-4-12(11)9-13/h5-6,9-10,18H,1-4,7-8H2,(H,16,17). The molecule has 0 atom stereocenters. The molecule has 3 nitrogen and oxygen atoms in total. The zero-order valence-corrected chi connectivity index (χ0v) is 10.4. The van der Waals surface area contributed by atoms with E-state index in [1.165, 1.54) is 42.4 Å². The summed E-state index contributed by atoms with van der Waals surface area (Å²) in [5, 5.41) is 8.90. The lowest BCUT2D eigenvalue weighted by atomic mass is 9.90. The van der Waals surface area contributed by atoms with Crippen molar-refractivity contribution < 1.29 is 5.11 Å². The number of H-pyrrole nitrogens is 1. The number of fused-ring (bicyclic) bond motifs is 1. The van der Waals surface area contributed by atoms with Gasteiger partial charge in [0.05, 0.1) is 18.5 Å². The molecule has 0 saturated heterocycles. The maximum atomic E-state index is 8.90. The summed E-state index contributed by atoms with van der Waals surface area (Å²) < 4.78 is 0. The maximum absolute atomic E-state index is 8.90. The van der Waals surface area contributed by atoms with Gasteiger partial charge in [0.25, 0.3) is 0 Å². The third kappa shape index (κ3) is 2.18. The fourth-order valence-corrected chi connectivity index (χ4v) is 2.64. The minimum absolute atomic E-state index is 0.136. The van der Waals surface area contributed by atoms with Crippen molar-refractivity contribution in [3.8, 4) is 11.3 Å². The van der Waals surface area contributed by atoms with Crippen LogP contribution in [0.3, 0.4) is 0 Å². The van der Waals surface area contributed by atoms with E-state index in [1.54, 1.807) is 0 Å². The zero-order chi connectivity index (χ0) is 12.4. The molecule has 94 valence electrons. The molecule has 18 heavy (non-hydrogen) atoms. The van der Waals surface area contributed by atoms with Gasteiger partial charge in [-0.15, -0.1) is 0 Å². The maximum Gasteiger partial charge on any atom is 0.108 e. The first-order chi connectivity index (χ1) is 8.86. The van der Waals surface area contributed by atoms with Crippen LogP contribution in [0, 0.1) is 0 Å². The SMILES string of the molecule is OCCc1ncc(-c2ccc3c(c2)CCCC3)[nH]1. The first kappa shape index (κ1) is 11.5. The Balaban J connectivity index is 1.91. The van der Waals surface area contributed by atoms with Crippen LogP contribution in [0.25, 0.3) is 11.3 Å². The van der Waals surface area contributed by atoms with Crippen molar-refractivity contribution in [2.45, 2.75) is 32.1 Å². The number of rotatable bonds is 3. The lowest BCUT2D eigenvalue weighted by Crippen LogP contribution is -2.02. The Bertz CT molecular complexity index is 545. The number of nitrogens with zero attached hydrogens (tertiary/aromatic N) is 1. The highest BCUT2D eigenvalue weighted by Gasteiger charge is 2.11. The van der Waals surface area contributed by atoms with Crippen molar-refractivity contribution in [1.29, 1.82) is 0 Å². The number of nitrogens with one attached hydrogen (secondary N) is 1. The normalized spacial score (nSPS) is 14.5. The summed E-state index contributed by atoms with van der Waals surface area (Å²) in [6.07, 6.45) is 7.47. The van der Waals surface area contributed by atoms with Crippen LogP contribution in [0.5, 0.6) is 0 Å². The third-order valence-corrected chi connectivity index (χ3v) is 3.64. The molecule has 2 N–H and O–H groups in total. The first-order valence-corrected chi connectivity index (χ1v) is 6.64. The number of hydrogen-bond acceptors (Lipinski definition) is 2. The smallest absolute Gasteiger partial charge is 0.108 e. The monoisotopic (exact) mass is 242 g/mol. The van der Waals surface area contributed by atoms with Gasteiger partial charge in [-0.1, -0.05) is 12.1 Å². The lowest BCUT2D eigenvalue weighted by molar-refractivity contribution is 0.297. The molecule has 1 aliphatic rings. The van der Waals surface area contributed by atoms with E-state index in [9.17, 15) is 0 Å². The molecule has 0 spiro atoms. The number of aromatic nitrogens is 2. The molecule has 0 aliphatic heterocycles. The fraction of sp³-hybridized carbons (Fsp3) is 0.400. The van der Waals surface area contributed by atoms with Gasteiger partial charge >= 0.3 is 0 Å². The van der Waals surface area contributed by atoms with Gasteiger partial charge in [0.2, 0.25) is 0 Å². The second-order valence-corrected chi connectivity index (χ2v) is 4.91. The molecule has 0 saturated carbocycles. The predicted octanol–water partition coefficient (Wildman–Crippen LogP) is 2.49. The average molecular weight is 242 g/mol. The van der Waals surface area contributed by atoms with Gasteiger partial charge in [-0.05, 0) is 48.4 Å². The molecular weight excluding hydrogens is 224 g/mol. The second-order valence-electron chi connectivity index (χ2n) is 4.91. The van der Waals surface area contributed by atoms with Crippen LogP contribution in [0.4, 0.5) is 0 Å². The van der Waals surface area contributed by atoms with Crippen LogP contribution in [0.15, 0.2) is 24.4 Å². The number of benzene rings is 1. The van der Waals surface area contributed by atoms with Gasteiger partial charge in [-0.3, -0.25) is 0 Å². The van der Waals surface area contributed by atoms with Crippen molar-refractivity contribution in [2.75, 3.05) is 6.61 Å². The summed E-state index contributed by atoms with van der Waals surface area (Å²) in [6, 6.07) is 6.70. The molecule has 0 unspecified atom stereocenters. The Morgan fingerprint density at radius 1 is 1.17 bits per heavy atom. The molecule has 1 aliphatic carbocycles. The van der Waals surface area contributed by atoms with E-state index in [1.807, 2.05) is 6.20 Å². The summed E-state index contributed by atoms with van der Waals surface area (Å²) in [5.41, 5.74) is 5.23. The number of aliphatic hydroxyl groups excluding tert-OH is 1. The molecule has 1 aromatic heterocycles. The van der Waals surface area contributed by atoms with E-state index in [0.29, 0.717) is 6.42 Å². The topological polar surface area (TPSA) is 48.9 Å². The van der Waals surface area contributed by atoms with Crippen LogP contribution in [-0.4, -0.2) is 21.7 Å². The van der Waals surface area contributed by atoms with Crippen LogP contribution in [0.2, 0.25) is 0 Å². The average Bonchev–Trinajstić information content (AvgIpc) is 2.87. The van der Waals surface area contributed by atoms with Gasteiger partial charge in [0.15, 0.2) is 0 Å². The summed E-state index contributed by atoms with van der Waals surface area (Å²) in [6.45, 7) is 0.136. The number of aliphatic hydroxyl groups is 1. The fourth-order valence-electron chi connectivity index (χ4n) is 2.64. The highest BCUT2D eigenvalue weighted by atomic mass is 16.3. The van der Waals surface area contributed by atoms with Crippen molar-refractivity contribution in [2.24, 2.45) is 0 Å². The van der Waals surface area contributed by atoms with E-state index in [0.717, 1.165) is 11.5 Å². The first-order valence-electron chi connectivity index (χ1n) is 6.64. The summed E-state index contributed by atoms with van der Waals surface area (Å²) in [5.74, 6) is 0.852. The van der Waals surface area contributed by atoms with Gasteiger partial charge in [0.1, 0.15) is 5.82 Å². The highest BCUT2D eigenvalue weighted by molar-refractivity contribution is 5.60. The minimum atomic E-state index is 0.136. The predicted molar refractivity (Wildman–Crippen MR) is 71.5 cm³/mol. The molecule has 1 heterocycles. The Hall–Kier alpha value is -1.61. The zero-order valence-electron chi connectivity index (χ0n) is 10.4. The van der Waals surface area contributed by atoms with E-state index < -0.39 is 0 Å². The Kier molecular flexibility index (Phi) is 3.15. The molecule has 0 fully saturated rings. The van der Waals surface area contributed by atoms with Crippen LogP contribution < -0.4 is 0 Å². The molecule has 0 amide bonds. The molecule has 1 aromatic carbocycles. The molecule has 0 bridgehead atoms. The van der Waals surface area contributed by atoms with Gasteiger partial charge in [-0.2, -0.15) is 0 Å². The van der Waals surface area contributed by atoms with Crippen molar-refractivity contribution in [3.63, 3.8) is 0 Å². The van der Waals surface area contributed by atoms with Crippen LogP contribution >= 0.6 is 0 Å². The van der Waals surface area contributed by atoms with Crippen LogP contribution in [-0.2, 0) is 19.3 Å².